The van der Waals surface area contributed by atoms with Gasteiger partial charge in [0.15, 0.2) is 5.78 Å². The lowest BCUT2D eigenvalue weighted by atomic mass is 10.1. The number of benzene rings is 1. The highest BCUT2D eigenvalue weighted by Gasteiger charge is 2.62. The molecule has 0 N–H and O–H groups in total. The Balaban J connectivity index is 2.77. The highest BCUT2D eigenvalue weighted by molar-refractivity contribution is 7.54. The molecule has 0 spiro atoms. The monoisotopic (exact) mass is 498 g/mol. The van der Waals surface area contributed by atoms with Gasteiger partial charge in [-0.25, -0.2) is 24.2 Å². The van der Waals surface area contributed by atoms with Crippen LogP contribution in [0.25, 0.3) is 0 Å². The van der Waals surface area contributed by atoms with Gasteiger partial charge < -0.3 is 18.5 Å². The molecule has 1 aromatic carbocycles. The standard InChI is InChI=1S/C23H35N2O8P/c1-9-30-34(29,31-10-2)18-17(16-14-12-11-13-15-16)24(20(27)32-22(3,4)5)19(26)25(18)21(28)33-23(6,7)8/h11-15,17-18H,9-10H2,1-8H3/t17-,18+/m1/s1. The molecule has 34 heavy (non-hydrogen) atoms. The molecule has 1 aliphatic heterocycles. The normalized spacial score (nSPS) is 19.4. The van der Waals surface area contributed by atoms with E-state index in [1.54, 1.807) is 85.7 Å². The molecule has 4 amide bonds. The van der Waals surface area contributed by atoms with Gasteiger partial charge in [0.2, 0.25) is 0 Å². The van der Waals surface area contributed by atoms with Gasteiger partial charge in [-0.15, -0.1) is 0 Å². The number of urea groups is 1. The van der Waals surface area contributed by atoms with Crippen molar-refractivity contribution >= 4 is 25.8 Å². The second-order valence-corrected chi connectivity index (χ2v) is 11.8. The number of hydrogen-bond acceptors (Lipinski definition) is 8. The number of hydrogen-bond donors (Lipinski definition) is 0. The summed E-state index contributed by atoms with van der Waals surface area (Å²) in [5.41, 5.74) is -1.46. The topological polar surface area (TPSA) is 112 Å². The Morgan fingerprint density at radius 2 is 1.29 bits per heavy atom. The summed E-state index contributed by atoms with van der Waals surface area (Å²) in [7, 11) is -4.17. The van der Waals surface area contributed by atoms with Gasteiger partial charge in [0.1, 0.15) is 17.2 Å². The second-order valence-electron chi connectivity index (χ2n) is 9.63. The second kappa shape index (κ2) is 10.5. The van der Waals surface area contributed by atoms with Crippen LogP contribution in [-0.4, -0.2) is 58.2 Å². The van der Waals surface area contributed by atoms with Crippen molar-refractivity contribution in [1.29, 1.82) is 0 Å². The highest BCUT2D eigenvalue weighted by atomic mass is 31.2. The molecule has 2 rings (SSSR count). The minimum absolute atomic E-state index is 0.0158. The van der Waals surface area contributed by atoms with Crippen LogP contribution in [0.15, 0.2) is 30.3 Å². The maximum absolute atomic E-state index is 14.1. The molecule has 190 valence electrons. The Hall–Kier alpha value is -2.42. The van der Waals surface area contributed by atoms with E-state index in [0.29, 0.717) is 10.5 Å². The summed E-state index contributed by atoms with van der Waals surface area (Å²) < 4.78 is 36.1. The molecule has 11 heteroatoms. The lowest BCUT2D eigenvalue weighted by Crippen LogP contribution is -2.45. The van der Waals surface area contributed by atoms with Crippen LogP contribution < -0.4 is 0 Å². The van der Waals surface area contributed by atoms with E-state index in [4.69, 9.17) is 18.5 Å². The van der Waals surface area contributed by atoms with Gasteiger partial charge in [0.05, 0.1) is 13.2 Å². The van der Waals surface area contributed by atoms with Crippen molar-refractivity contribution < 1.29 is 37.5 Å². The number of carbonyl (C=O) groups is 3. The maximum Gasteiger partial charge on any atom is 0.419 e. The molecular formula is C23H35N2O8P. The van der Waals surface area contributed by atoms with Crippen molar-refractivity contribution in [3.05, 3.63) is 35.9 Å². The van der Waals surface area contributed by atoms with Gasteiger partial charge in [-0.2, -0.15) is 0 Å². The number of carbonyl (C=O) groups excluding carboxylic acids is 3. The van der Waals surface area contributed by atoms with Gasteiger partial charge in [0, 0.05) is 0 Å². The summed E-state index contributed by atoms with van der Waals surface area (Å²) >= 11 is 0. The summed E-state index contributed by atoms with van der Waals surface area (Å²) in [6.07, 6.45) is -2.07. The van der Waals surface area contributed by atoms with E-state index in [9.17, 15) is 18.9 Å². The van der Waals surface area contributed by atoms with E-state index < -0.39 is 48.8 Å². The number of amides is 4. The van der Waals surface area contributed by atoms with E-state index >= 15 is 0 Å². The van der Waals surface area contributed by atoms with E-state index in [1.165, 1.54) is 0 Å². The van der Waals surface area contributed by atoms with Crippen LogP contribution >= 0.6 is 7.60 Å². The minimum Gasteiger partial charge on any atom is -0.443 e. The number of ether oxygens (including phenoxy) is 2. The third-order valence-corrected chi connectivity index (χ3v) is 6.90. The van der Waals surface area contributed by atoms with Crippen LogP contribution in [0, 0.1) is 0 Å². The number of imide groups is 2. The summed E-state index contributed by atoms with van der Waals surface area (Å²) in [6, 6.07) is 6.22. The zero-order valence-electron chi connectivity index (χ0n) is 21.1. The first-order chi connectivity index (χ1) is 15.6. The zero-order valence-corrected chi connectivity index (χ0v) is 22.0. The lowest BCUT2D eigenvalue weighted by Gasteiger charge is -2.33. The van der Waals surface area contributed by atoms with Crippen molar-refractivity contribution in [2.45, 2.75) is 78.4 Å². The fraction of sp³-hybridized carbons (Fsp3) is 0.609. The lowest BCUT2D eigenvalue weighted by molar-refractivity contribution is 0.0284. The Kier molecular flexibility index (Phi) is 8.56. The molecule has 1 aliphatic rings. The molecule has 0 aromatic heterocycles. The van der Waals surface area contributed by atoms with Gasteiger partial charge in [0.25, 0.3) is 0 Å². The average molecular weight is 499 g/mol. The summed E-state index contributed by atoms with van der Waals surface area (Å²) in [4.78, 5) is 41.5. The van der Waals surface area contributed by atoms with Crippen molar-refractivity contribution in [3.8, 4) is 0 Å². The predicted octanol–water partition coefficient (Wildman–Crippen LogP) is 5.93. The largest absolute Gasteiger partial charge is 0.443 e. The van der Waals surface area contributed by atoms with Crippen molar-refractivity contribution in [3.63, 3.8) is 0 Å². The predicted molar refractivity (Wildman–Crippen MR) is 125 cm³/mol. The molecule has 10 nitrogen and oxygen atoms in total. The van der Waals surface area contributed by atoms with Crippen LogP contribution in [-0.2, 0) is 23.1 Å². The highest BCUT2D eigenvalue weighted by Crippen LogP contribution is 2.62. The third kappa shape index (κ3) is 6.37. The maximum atomic E-state index is 14.1. The SMILES string of the molecule is CCOP(=O)(OCC)[C@H]1[C@@H](c2ccccc2)N(C(=O)OC(C)(C)C)C(=O)N1C(=O)OC(C)(C)C. The molecule has 0 radical (unpaired) electrons. The first-order valence-corrected chi connectivity index (χ1v) is 12.8. The molecule has 1 fully saturated rings. The quantitative estimate of drug-likeness (QED) is 0.444. The summed E-state index contributed by atoms with van der Waals surface area (Å²) in [5, 5.41) is 0. The molecule has 2 atom stereocenters. The van der Waals surface area contributed by atoms with Gasteiger partial charge in [-0.1, -0.05) is 30.3 Å². The minimum atomic E-state index is -4.17. The number of nitrogens with zero attached hydrogens (tertiary/aromatic N) is 2. The first-order valence-electron chi connectivity index (χ1n) is 11.2. The third-order valence-electron chi connectivity index (χ3n) is 4.50. The van der Waals surface area contributed by atoms with E-state index in [1.807, 2.05) is 0 Å². The van der Waals surface area contributed by atoms with E-state index in [2.05, 4.69) is 0 Å². The fourth-order valence-corrected chi connectivity index (χ4v) is 5.69. The fourth-order valence-electron chi connectivity index (χ4n) is 3.46. The summed E-state index contributed by atoms with van der Waals surface area (Å²) in [5.74, 6) is -1.50. The zero-order chi connectivity index (χ0) is 25.9. The molecule has 0 saturated carbocycles. The van der Waals surface area contributed by atoms with Crippen LogP contribution in [0.4, 0.5) is 14.4 Å². The van der Waals surface area contributed by atoms with Crippen LogP contribution in [0.3, 0.4) is 0 Å². The average Bonchev–Trinajstić information content (AvgIpc) is 3.00. The molecule has 1 heterocycles. The molecular weight excluding hydrogens is 463 g/mol. The van der Waals surface area contributed by atoms with Crippen molar-refractivity contribution in [2.75, 3.05) is 13.2 Å². The molecule has 0 unspecified atom stereocenters. The molecule has 1 aromatic rings. The van der Waals surface area contributed by atoms with E-state index in [-0.39, 0.29) is 13.2 Å². The van der Waals surface area contributed by atoms with Crippen LogP contribution in [0.1, 0.15) is 67.0 Å². The first kappa shape index (κ1) is 27.8. The van der Waals surface area contributed by atoms with Crippen LogP contribution in [0.2, 0.25) is 0 Å². The Labute approximate surface area is 201 Å². The Morgan fingerprint density at radius 1 is 0.853 bits per heavy atom. The Bertz CT molecular complexity index is 929. The molecule has 0 aliphatic carbocycles. The van der Waals surface area contributed by atoms with Gasteiger partial charge in [-0.3, -0.25) is 4.57 Å². The Morgan fingerprint density at radius 3 is 1.71 bits per heavy atom. The molecule has 0 bridgehead atoms. The smallest absolute Gasteiger partial charge is 0.419 e. The van der Waals surface area contributed by atoms with Gasteiger partial charge >= 0.3 is 25.8 Å². The number of rotatable bonds is 6. The van der Waals surface area contributed by atoms with Crippen molar-refractivity contribution in [2.24, 2.45) is 0 Å². The van der Waals surface area contributed by atoms with Crippen LogP contribution in [0.5, 0.6) is 0 Å². The van der Waals surface area contributed by atoms with Crippen molar-refractivity contribution in [1.82, 2.24) is 9.80 Å². The summed E-state index contributed by atoms with van der Waals surface area (Å²) in [6.45, 7) is 13.0. The van der Waals surface area contributed by atoms with E-state index in [0.717, 1.165) is 4.90 Å². The van der Waals surface area contributed by atoms with Gasteiger partial charge in [-0.05, 0) is 61.0 Å². The molecule has 1 saturated heterocycles.